The van der Waals surface area contributed by atoms with Crippen molar-refractivity contribution in [3.63, 3.8) is 0 Å². The molecule has 0 saturated carbocycles. The summed E-state index contributed by atoms with van der Waals surface area (Å²) in [4.78, 5) is 2.18. The second-order valence-electron chi connectivity index (χ2n) is 10.9. The number of piperidine rings is 1. The molecule has 0 aliphatic carbocycles. The molecule has 3 unspecified atom stereocenters. The molecule has 1 saturated heterocycles. The monoisotopic (exact) mass is 433 g/mol. The Labute approximate surface area is 190 Å². The van der Waals surface area contributed by atoms with E-state index in [1.807, 2.05) is 24.3 Å². The van der Waals surface area contributed by atoms with Crippen LogP contribution in [0.3, 0.4) is 0 Å². The van der Waals surface area contributed by atoms with Gasteiger partial charge >= 0.3 is 0 Å². The molecule has 2 rings (SSSR count). The quantitative estimate of drug-likeness (QED) is 0.433. The van der Waals surface area contributed by atoms with Crippen LogP contribution in [-0.2, 0) is 5.60 Å². The molecule has 0 radical (unpaired) electrons. The Balaban J connectivity index is 1.73. The van der Waals surface area contributed by atoms with E-state index < -0.39 is 17.3 Å². The summed E-state index contributed by atoms with van der Waals surface area (Å²) in [7, 11) is 0. The third kappa shape index (κ3) is 8.49. The van der Waals surface area contributed by atoms with Crippen LogP contribution in [0.4, 0.5) is 0 Å². The molecule has 1 aromatic carbocycles. The van der Waals surface area contributed by atoms with Gasteiger partial charge in [-0.2, -0.15) is 0 Å². The Morgan fingerprint density at radius 3 is 2.16 bits per heavy atom. The zero-order valence-electron chi connectivity index (χ0n) is 20.6. The molecule has 0 spiro atoms. The van der Waals surface area contributed by atoms with Crippen molar-refractivity contribution in [2.24, 2.45) is 11.8 Å². The molecular weight excluding hydrogens is 386 g/mol. The second kappa shape index (κ2) is 11.8. The lowest BCUT2D eigenvalue weighted by Crippen LogP contribution is -2.50. The minimum absolute atomic E-state index is 0.459. The van der Waals surface area contributed by atoms with Gasteiger partial charge in [0.05, 0.1) is 17.3 Å². The predicted octanol–water partition coefficient (Wildman–Crippen LogP) is 5.02. The number of aliphatic hydroxyl groups excluding tert-OH is 1. The van der Waals surface area contributed by atoms with E-state index in [4.69, 9.17) is 0 Å². The number of hydrogen-bond donors (Lipinski definition) is 3. The van der Waals surface area contributed by atoms with E-state index in [0.717, 1.165) is 37.4 Å². The number of β-amino-alcohol motifs (C(OH)–C–C–N with tert-alkyl or cyclic N) is 1. The van der Waals surface area contributed by atoms with Gasteiger partial charge in [0.1, 0.15) is 0 Å². The van der Waals surface area contributed by atoms with Gasteiger partial charge in [0.2, 0.25) is 0 Å². The topological polar surface area (TPSA) is 63.9 Å². The first kappa shape index (κ1) is 26.3. The summed E-state index contributed by atoms with van der Waals surface area (Å²) in [6.45, 7) is 12.6. The third-order valence-electron chi connectivity index (χ3n) is 7.28. The fraction of sp³-hybridized carbons (Fsp3) is 0.778. The van der Waals surface area contributed by atoms with E-state index in [1.165, 1.54) is 24.8 Å². The smallest absolute Gasteiger partial charge is 0.0950 e. The number of aryl methyl sites for hydroxylation is 1. The number of nitrogens with zero attached hydrogens (tertiary/aromatic N) is 1. The van der Waals surface area contributed by atoms with Crippen molar-refractivity contribution in [2.75, 3.05) is 19.6 Å². The van der Waals surface area contributed by atoms with Gasteiger partial charge in [-0.05, 0) is 50.5 Å². The highest BCUT2D eigenvalue weighted by Crippen LogP contribution is 2.33. The minimum Gasteiger partial charge on any atom is -0.389 e. The van der Waals surface area contributed by atoms with Crippen LogP contribution in [0.2, 0.25) is 0 Å². The number of aliphatic hydroxyl groups is 3. The molecule has 1 aromatic rings. The Morgan fingerprint density at radius 2 is 1.58 bits per heavy atom. The number of likely N-dealkylation sites (tertiary alicyclic amines) is 1. The normalized spacial score (nSPS) is 21.1. The highest BCUT2D eigenvalue weighted by atomic mass is 16.3. The van der Waals surface area contributed by atoms with Gasteiger partial charge in [-0.1, -0.05) is 82.7 Å². The summed E-state index contributed by atoms with van der Waals surface area (Å²) < 4.78 is 0. The van der Waals surface area contributed by atoms with Crippen LogP contribution in [0.25, 0.3) is 0 Å². The van der Waals surface area contributed by atoms with E-state index >= 15 is 0 Å². The van der Waals surface area contributed by atoms with Crippen LogP contribution < -0.4 is 0 Å². The number of rotatable bonds is 12. The van der Waals surface area contributed by atoms with Crippen molar-refractivity contribution < 1.29 is 15.3 Å². The highest BCUT2D eigenvalue weighted by molar-refractivity contribution is 5.27. The Bertz CT molecular complexity index is 632. The van der Waals surface area contributed by atoms with E-state index in [1.54, 1.807) is 6.92 Å². The van der Waals surface area contributed by atoms with Gasteiger partial charge in [-0.15, -0.1) is 0 Å². The van der Waals surface area contributed by atoms with Crippen molar-refractivity contribution >= 4 is 0 Å². The zero-order chi connectivity index (χ0) is 23.1. The molecule has 178 valence electrons. The zero-order valence-corrected chi connectivity index (χ0v) is 20.6. The molecule has 3 N–H and O–H groups in total. The molecule has 0 bridgehead atoms. The van der Waals surface area contributed by atoms with Gasteiger partial charge in [0.15, 0.2) is 0 Å². The molecule has 0 amide bonds. The Morgan fingerprint density at radius 1 is 1.00 bits per heavy atom. The first-order chi connectivity index (χ1) is 14.5. The second-order valence-corrected chi connectivity index (χ2v) is 10.9. The maximum Gasteiger partial charge on any atom is 0.0950 e. The summed E-state index contributed by atoms with van der Waals surface area (Å²) >= 11 is 0. The fourth-order valence-electron chi connectivity index (χ4n) is 4.69. The van der Waals surface area contributed by atoms with Crippen molar-refractivity contribution in [2.45, 2.75) is 103 Å². The van der Waals surface area contributed by atoms with Crippen LogP contribution >= 0.6 is 0 Å². The van der Waals surface area contributed by atoms with Gasteiger partial charge in [-0.3, -0.25) is 0 Å². The van der Waals surface area contributed by atoms with E-state index in [2.05, 4.69) is 32.6 Å². The van der Waals surface area contributed by atoms with E-state index in [-0.39, 0.29) is 0 Å². The SMILES string of the molecule is Cc1ccc(C2(O)CCN(CC(O)C(C)(O)CCCC(C)CCCC(C)C)CC2)cc1. The molecule has 0 aromatic heterocycles. The lowest BCUT2D eigenvalue weighted by Gasteiger charge is -2.41. The van der Waals surface area contributed by atoms with Crippen molar-refractivity contribution in [1.82, 2.24) is 4.90 Å². The van der Waals surface area contributed by atoms with E-state index in [0.29, 0.717) is 31.7 Å². The molecule has 1 aliphatic rings. The average molecular weight is 434 g/mol. The molecule has 3 atom stereocenters. The molecule has 4 nitrogen and oxygen atoms in total. The van der Waals surface area contributed by atoms with Crippen LogP contribution in [0, 0.1) is 18.8 Å². The largest absolute Gasteiger partial charge is 0.389 e. The molecule has 4 heteroatoms. The molecule has 1 fully saturated rings. The van der Waals surface area contributed by atoms with Crippen molar-refractivity contribution in [1.29, 1.82) is 0 Å². The summed E-state index contributed by atoms with van der Waals surface area (Å²) in [5.41, 5.74) is 0.319. The lowest BCUT2D eigenvalue weighted by molar-refractivity contribution is -0.0924. The molecular formula is C27H47NO3. The summed E-state index contributed by atoms with van der Waals surface area (Å²) in [5.74, 6) is 1.44. The van der Waals surface area contributed by atoms with Gasteiger partial charge in [0, 0.05) is 19.6 Å². The summed E-state index contributed by atoms with van der Waals surface area (Å²) in [6.07, 6.45) is 7.03. The maximum absolute atomic E-state index is 11.1. The lowest BCUT2D eigenvalue weighted by atomic mass is 9.83. The summed E-state index contributed by atoms with van der Waals surface area (Å²) in [5, 5.41) is 32.6. The Hall–Kier alpha value is -0.940. The van der Waals surface area contributed by atoms with E-state index in [9.17, 15) is 15.3 Å². The minimum atomic E-state index is -1.07. The van der Waals surface area contributed by atoms with Crippen LogP contribution in [0.5, 0.6) is 0 Å². The Kier molecular flexibility index (Phi) is 10.0. The fourth-order valence-corrected chi connectivity index (χ4v) is 4.69. The first-order valence-electron chi connectivity index (χ1n) is 12.4. The molecule has 31 heavy (non-hydrogen) atoms. The number of benzene rings is 1. The van der Waals surface area contributed by atoms with Crippen molar-refractivity contribution in [3.8, 4) is 0 Å². The standard InChI is InChI=1S/C27H47NO3/c1-21(2)8-6-9-22(3)10-7-15-26(5,30)25(29)20-28-18-16-27(31,17-19-28)24-13-11-23(4)12-14-24/h11-14,21-22,25,29-31H,6-10,15-20H2,1-5H3. The number of hydrogen-bond acceptors (Lipinski definition) is 4. The third-order valence-corrected chi connectivity index (χ3v) is 7.28. The van der Waals surface area contributed by atoms with Crippen molar-refractivity contribution in [3.05, 3.63) is 35.4 Å². The highest BCUT2D eigenvalue weighted by Gasteiger charge is 2.37. The molecule has 1 aliphatic heterocycles. The van der Waals surface area contributed by atoms with Gasteiger partial charge < -0.3 is 20.2 Å². The van der Waals surface area contributed by atoms with Gasteiger partial charge in [-0.25, -0.2) is 0 Å². The maximum atomic E-state index is 11.1. The van der Waals surface area contributed by atoms with Crippen LogP contribution in [0.1, 0.15) is 90.2 Å². The molecule has 1 heterocycles. The predicted molar refractivity (Wildman–Crippen MR) is 129 cm³/mol. The van der Waals surface area contributed by atoms with Crippen LogP contribution in [-0.4, -0.2) is 51.6 Å². The average Bonchev–Trinajstić information content (AvgIpc) is 2.70. The van der Waals surface area contributed by atoms with Crippen LogP contribution in [0.15, 0.2) is 24.3 Å². The summed E-state index contributed by atoms with van der Waals surface area (Å²) in [6, 6.07) is 8.14. The first-order valence-corrected chi connectivity index (χ1v) is 12.4. The van der Waals surface area contributed by atoms with Gasteiger partial charge in [0.25, 0.3) is 0 Å².